The maximum Gasteiger partial charge on any atom is 0.294 e. The molecule has 144 valence electrons. The van der Waals surface area contributed by atoms with Gasteiger partial charge < -0.3 is 0 Å². The van der Waals surface area contributed by atoms with Crippen molar-refractivity contribution in [3.63, 3.8) is 0 Å². The summed E-state index contributed by atoms with van der Waals surface area (Å²) in [5.74, 6) is 2.09. The maximum absolute atomic E-state index is 11.2. The van der Waals surface area contributed by atoms with E-state index in [1.807, 2.05) is 39.0 Å². The summed E-state index contributed by atoms with van der Waals surface area (Å²) in [5, 5.41) is 8.25. The molecule has 0 unspecified atom stereocenters. The number of azo groups is 1. The Balaban J connectivity index is 1.80. The fourth-order valence-electron chi connectivity index (χ4n) is 2.70. The Bertz CT molecular complexity index is 1140. The van der Waals surface area contributed by atoms with Crippen LogP contribution < -0.4 is 0 Å². The van der Waals surface area contributed by atoms with Gasteiger partial charge in [-0.1, -0.05) is 18.2 Å². The Morgan fingerprint density at radius 2 is 1.64 bits per heavy atom. The maximum atomic E-state index is 11.2. The zero-order chi connectivity index (χ0) is 20.3. The number of benzene rings is 2. The van der Waals surface area contributed by atoms with E-state index in [-0.39, 0.29) is 4.90 Å². The van der Waals surface area contributed by atoms with Crippen molar-refractivity contribution in [2.24, 2.45) is 10.2 Å². The van der Waals surface area contributed by atoms with Gasteiger partial charge in [-0.2, -0.15) is 18.6 Å². The topological polar surface area (TPSA) is 118 Å². The van der Waals surface area contributed by atoms with Crippen molar-refractivity contribution in [3.05, 3.63) is 71.1 Å². The van der Waals surface area contributed by atoms with E-state index in [1.165, 1.54) is 18.2 Å². The summed E-state index contributed by atoms with van der Waals surface area (Å²) in [5.41, 5.74) is 2.93. The van der Waals surface area contributed by atoms with E-state index < -0.39 is 10.1 Å². The van der Waals surface area contributed by atoms with Gasteiger partial charge in [0.25, 0.3) is 10.1 Å². The molecule has 0 atom stereocenters. The summed E-state index contributed by atoms with van der Waals surface area (Å²) in [6, 6.07) is 11.4. The molecule has 0 spiro atoms. The number of aryl methyl sites for hydroxylation is 3. The van der Waals surface area contributed by atoms with Gasteiger partial charge in [-0.15, -0.1) is 0 Å². The molecule has 0 saturated carbocycles. The molecule has 0 aliphatic carbocycles. The van der Waals surface area contributed by atoms with E-state index in [9.17, 15) is 8.42 Å². The predicted octanol–water partition coefficient (Wildman–Crippen LogP) is 4.05. The Kier molecular flexibility index (Phi) is 5.57. The van der Waals surface area contributed by atoms with E-state index in [2.05, 4.69) is 25.2 Å². The fourth-order valence-corrected chi connectivity index (χ4v) is 3.22. The Labute approximate surface area is 163 Å². The fraction of sp³-hybridized carbons (Fsp3) is 0.211. The molecule has 0 fully saturated rings. The zero-order valence-corrected chi connectivity index (χ0v) is 16.5. The van der Waals surface area contributed by atoms with Gasteiger partial charge in [0.2, 0.25) is 0 Å². The number of rotatable bonds is 5. The normalized spacial score (nSPS) is 11.9. The van der Waals surface area contributed by atoms with Crippen molar-refractivity contribution in [1.29, 1.82) is 0 Å². The molecule has 0 aliphatic heterocycles. The highest BCUT2D eigenvalue weighted by Gasteiger charge is 2.09. The summed E-state index contributed by atoms with van der Waals surface area (Å²) in [6.07, 6.45) is 0.582. The van der Waals surface area contributed by atoms with E-state index in [0.717, 1.165) is 11.1 Å². The lowest BCUT2D eigenvalue weighted by molar-refractivity contribution is 0.483. The number of aromatic nitrogens is 3. The molecular weight excluding hydrogens is 378 g/mol. The first-order chi connectivity index (χ1) is 13.2. The number of nitrogens with zero attached hydrogens (tertiary/aromatic N) is 5. The van der Waals surface area contributed by atoms with Crippen LogP contribution in [0.25, 0.3) is 0 Å². The molecule has 1 heterocycles. The third-order valence-electron chi connectivity index (χ3n) is 3.92. The third kappa shape index (κ3) is 5.02. The predicted molar refractivity (Wildman–Crippen MR) is 104 cm³/mol. The van der Waals surface area contributed by atoms with Crippen LogP contribution in [0.4, 0.5) is 11.4 Å². The van der Waals surface area contributed by atoms with Crippen LogP contribution >= 0.6 is 0 Å². The van der Waals surface area contributed by atoms with E-state index >= 15 is 0 Å². The van der Waals surface area contributed by atoms with Crippen molar-refractivity contribution in [2.75, 3.05) is 0 Å². The van der Waals surface area contributed by atoms with Crippen LogP contribution in [-0.2, 0) is 16.5 Å². The second-order valence-corrected chi connectivity index (χ2v) is 7.74. The van der Waals surface area contributed by atoms with Gasteiger partial charge in [0.15, 0.2) is 0 Å². The highest BCUT2D eigenvalue weighted by molar-refractivity contribution is 7.85. The standard InChI is InChI=1S/C19H19N5O3S/c1-12-9-15(10-19-21-13(2)20-14(3)22-19)7-8-18(12)24-23-16-5-4-6-17(11-16)28(25,26)27/h4-9,11H,10H2,1-3H3,(H,25,26,27). The lowest BCUT2D eigenvalue weighted by Gasteiger charge is -2.06. The number of hydrogen-bond donors (Lipinski definition) is 1. The molecular formula is C19H19N5O3S. The molecule has 0 radical (unpaired) electrons. The molecule has 28 heavy (non-hydrogen) atoms. The van der Waals surface area contributed by atoms with Gasteiger partial charge in [0.05, 0.1) is 16.3 Å². The van der Waals surface area contributed by atoms with Crippen LogP contribution in [0.1, 0.15) is 28.6 Å². The smallest absolute Gasteiger partial charge is 0.282 e. The zero-order valence-electron chi connectivity index (χ0n) is 15.7. The van der Waals surface area contributed by atoms with Gasteiger partial charge in [-0.25, -0.2) is 15.0 Å². The van der Waals surface area contributed by atoms with Crippen LogP contribution in [0.3, 0.4) is 0 Å². The van der Waals surface area contributed by atoms with Crippen molar-refractivity contribution in [2.45, 2.75) is 32.1 Å². The average molecular weight is 397 g/mol. The Morgan fingerprint density at radius 1 is 0.929 bits per heavy atom. The van der Waals surface area contributed by atoms with Crippen molar-refractivity contribution in [1.82, 2.24) is 15.0 Å². The summed E-state index contributed by atoms with van der Waals surface area (Å²) in [7, 11) is -4.28. The highest BCUT2D eigenvalue weighted by Crippen LogP contribution is 2.25. The largest absolute Gasteiger partial charge is 0.294 e. The van der Waals surface area contributed by atoms with E-state index in [1.54, 1.807) is 6.07 Å². The molecule has 1 aromatic heterocycles. The first kappa shape index (κ1) is 19.7. The van der Waals surface area contributed by atoms with Gasteiger partial charge in [0.1, 0.15) is 17.5 Å². The highest BCUT2D eigenvalue weighted by atomic mass is 32.2. The van der Waals surface area contributed by atoms with Crippen molar-refractivity contribution < 1.29 is 13.0 Å². The molecule has 1 N–H and O–H groups in total. The summed E-state index contributed by atoms with van der Waals surface area (Å²) >= 11 is 0. The number of hydrogen-bond acceptors (Lipinski definition) is 7. The van der Waals surface area contributed by atoms with Gasteiger partial charge in [0, 0.05) is 6.42 Å². The first-order valence-electron chi connectivity index (χ1n) is 8.48. The lowest BCUT2D eigenvalue weighted by atomic mass is 10.1. The van der Waals surface area contributed by atoms with Crippen LogP contribution in [0.15, 0.2) is 57.6 Å². The first-order valence-corrected chi connectivity index (χ1v) is 9.92. The SMILES string of the molecule is Cc1nc(C)nc(Cc2ccc(N=Nc3cccc(S(=O)(=O)O)c3)c(C)c2)n1. The van der Waals surface area contributed by atoms with Crippen molar-refractivity contribution in [3.8, 4) is 0 Å². The molecule has 2 aromatic carbocycles. The Morgan fingerprint density at radius 3 is 2.29 bits per heavy atom. The molecule has 8 nitrogen and oxygen atoms in total. The molecule has 0 aliphatic rings. The van der Waals surface area contributed by atoms with E-state index in [4.69, 9.17) is 4.55 Å². The molecule has 0 saturated heterocycles. The summed E-state index contributed by atoms with van der Waals surface area (Å²) < 4.78 is 31.5. The minimum atomic E-state index is -4.28. The quantitative estimate of drug-likeness (QED) is 0.512. The molecule has 0 amide bonds. The van der Waals surface area contributed by atoms with Crippen LogP contribution in [0.5, 0.6) is 0 Å². The average Bonchev–Trinajstić information content (AvgIpc) is 2.60. The Hall–Kier alpha value is -3.04. The van der Waals surface area contributed by atoms with Crippen molar-refractivity contribution >= 4 is 21.5 Å². The molecule has 3 aromatic rings. The summed E-state index contributed by atoms with van der Waals surface area (Å²) in [4.78, 5) is 12.7. The molecule has 0 bridgehead atoms. The summed E-state index contributed by atoms with van der Waals surface area (Å²) in [6.45, 7) is 5.59. The minimum absolute atomic E-state index is 0.223. The third-order valence-corrected chi connectivity index (χ3v) is 4.77. The monoisotopic (exact) mass is 397 g/mol. The van der Waals surface area contributed by atoms with Gasteiger partial charge in [-0.3, -0.25) is 4.55 Å². The van der Waals surface area contributed by atoms with Crippen LogP contribution in [-0.4, -0.2) is 27.9 Å². The lowest BCUT2D eigenvalue weighted by Crippen LogP contribution is -2.03. The molecule has 3 rings (SSSR count). The second-order valence-electron chi connectivity index (χ2n) is 6.32. The second kappa shape index (κ2) is 7.91. The van der Waals surface area contributed by atoms with Gasteiger partial charge in [-0.05, 0) is 56.2 Å². The van der Waals surface area contributed by atoms with Crippen LogP contribution in [0, 0.1) is 20.8 Å². The van der Waals surface area contributed by atoms with Gasteiger partial charge >= 0.3 is 0 Å². The molecule has 9 heteroatoms. The minimum Gasteiger partial charge on any atom is -0.282 e. The van der Waals surface area contributed by atoms with E-state index in [0.29, 0.717) is 35.3 Å². The van der Waals surface area contributed by atoms with Crippen LogP contribution in [0.2, 0.25) is 0 Å².